The molecule has 1 aliphatic rings. The van der Waals surface area contributed by atoms with Crippen LogP contribution in [-0.4, -0.2) is 30.8 Å². The first-order chi connectivity index (χ1) is 10.4. The summed E-state index contributed by atoms with van der Waals surface area (Å²) in [5.74, 6) is 0.714. The molecule has 1 fully saturated rings. The lowest BCUT2D eigenvalue weighted by Gasteiger charge is -2.31. The average molecular weight is 284 g/mol. The van der Waals surface area contributed by atoms with Gasteiger partial charge in [-0.3, -0.25) is 4.98 Å². The summed E-state index contributed by atoms with van der Waals surface area (Å²) in [4.78, 5) is 4.47. The maximum atomic E-state index is 5.51. The van der Waals surface area contributed by atoms with E-state index < -0.39 is 0 Å². The number of hydrogen-bond donors (Lipinski definition) is 1. The fraction of sp³-hybridized carbons (Fsp3) is 0.500. The minimum atomic E-state index is 0.532. The van der Waals surface area contributed by atoms with E-state index >= 15 is 0 Å². The summed E-state index contributed by atoms with van der Waals surface area (Å²) >= 11 is 0. The first-order valence-corrected chi connectivity index (χ1v) is 8.02. The van der Waals surface area contributed by atoms with Crippen LogP contribution in [0.15, 0.2) is 36.5 Å². The fourth-order valence-corrected chi connectivity index (χ4v) is 3.36. The Morgan fingerprint density at radius 3 is 2.86 bits per heavy atom. The monoisotopic (exact) mass is 284 g/mol. The van der Waals surface area contributed by atoms with Crippen molar-refractivity contribution in [1.29, 1.82) is 0 Å². The molecule has 0 spiro atoms. The molecule has 0 radical (unpaired) electrons. The molecule has 1 saturated heterocycles. The zero-order valence-corrected chi connectivity index (χ0v) is 12.7. The second kappa shape index (κ2) is 7.01. The molecule has 1 aliphatic heterocycles. The van der Waals surface area contributed by atoms with Crippen molar-refractivity contribution in [3.63, 3.8) is 0 Å². The number of ether oxygens (including phenoxy) is 1. The Labute approximate surface area is 126 Å². The lowest BCUT2D eigenvalue weighted by Crippen LogP contribution is -2.40. The highest BCUT2D eigenvalue weighted by molar-refractivity contribution is 5.81. The van der Waals surface area contributed by atoms with Gasteiger partial charge < -0.3 is 10.1 Å². The third-order valence-corrected chi connectivity index (χ3v) is 4.48. The van der Waals surface area contributed by atoms with E-state index in [0.717, 1.165) is 31.7 Å². The van der Waals surface area contributed by atoms with Gasteiger partial charge in [-0.25, -0.2) is 0 Å². The molecule has 0 bridgehead atoms. The third kappa shape index (κ3) is 3.42. The fourth-order valence-electron chi connectivity index (χ4n) is 3.36. The summed E-state index contributed by atoms with van der Waals surface area (Å²) in [6, 6.07) is 11.1. The Bertz CT molecular complexity index is 573. The van der Waals surface area contributed by atoms with Gasteiger partial charge in [0.05, 0.1) is 5.52 Å². The van der Waals surface area contributed by atoms with Crippen LogP contribution in [0.3, 0.4) is 0 Å². The van der Waals surface area contributed by atoms with E-state index in [-0.39, 0.29) is 0 Å². The van der Waals surface area contributed by atoms with Crippen molar-refractivity contribution in [3.05, 3.63) is 42.1 Å². The number of likely N-dealkylation sites (N-methyl/N-ethyl adjacent to an activating group) is 1. The van der Waals surface area contributed by atoms with E-state index in [0.29, 0.717) is 12.0 Å². The average Bonchev–Trinajstić information content (AvgIpc) is 2.55. The molecule has 3 nitrogen and oxygen atoms in total. The van der Waals surface area contributed by atoms with Crippen LogP contribution >= 0.6 is 0 Å². The normalized spacial score (nSPS) is 18.0. The zero-order valence-electron chi connectivity index (χ0n) is 12.7. The molecule has 0 amide bonds. The Hall–Kier alpha value is -1.45. The molecule has 1 aromatic carbocycles. The van der Waals surface area contributed by atoms with Gasteiger partial charge >= 0.3 is 0 Å². The molecule has 1 unspecified atom stereocenters. The summed E-state index contributed by atoms with van der Waals surface area (Å²) < 4.78 is 5.51. The number of aromatic nitrogens is 1. The summed E-state index contributed by atoms with van der Waals surface area (Å²) in [6.45, 7) is 5.02. The van der Waals surface area contributed by atoms with Crippen molar-refractivity contribution in [2.45, 2.75) is 32.2 Å². The first-order valence-electron chi connectivity index (χ1n) is 8.02. The number of fused-ring (bicyclic) bond motifs is 1. The van der Waals surface area contributed by atoms with Crippen molar-refractivity contribution < 1.29 is 4.74 Å². The number of pyridine rings is 1. The van der Waals surface area contributed by atoms with Gasteiger partial charge in [0.25, 0.3) is 0 Å². The second-order valence-corrected chi connectivity index (χ2v) is 5.81. The predicted molar refractivity (Wildman–Crippen MR) is 86.5 cm³/mol. The van der Waals surface area contributed by atoms with Crippen molar-refractivity contribution in [2.75, 3.05) is 19.8 Å². The first kappa shape index (κ1) is 14.5. The summed E-state index contributed by atoms with van der Waals surface area (Å²) in [6.07, 6.45) is 5.34. The molecule has 3 heteroatoms. The number of nitrogens with zero attached hydrogens (tertiary/aromatic N) is 1. The van der Waals surface area contributed by atoms with Crippen LogP contribution in [0, 0.1) is 5.92 Å². The van der Waals surface area contributed by atoms with Crippen LogP contribution in [0.5, 0.6) is 0 Å². The summed E-state index contributed by atoms with van der Waals surface area (Å²) in [7, 11) is 0. The number of benzene rings is 1. The molecule has 1 aromatic heterocycles. The molecule has 0 saturated carbocycles. The van der Waals surface area contributed by atoms with Gasteiger partial charge in [0.15, 0.2) is 0 Å². The van der Waals surface area contributed by atoms with Gasteiger partial charge in [0.1, 0.15) is 0 Å². The number of para-hydroxylation sites is 1. The number of nitrogens with one attached hydrogen (secondary N) is 1. The second-order valence-electron chi connectivity index (χ2n) is 5.81. The van der Waals surface area contributed by atoms with Crippen LogP contribution < -0.4 is 5.32 Å². The zero-order chi connectivity index (χ0) is 14.5. The Morgan fingerprint density at radius 2 is 2.05 bits per heavy atom. The van der Waals surface area contributed by atoms with Crippen LogP contribution in [0.1, 0.15) is 25.3 Å². The molecule has 2 heterocycles. The molecular formula is C18H24N2O. The molecule has 2 aromatic rings. The molecule has 112 valence electrons. The SMILES string of the molecule is CCNC(Cc1ccnc2ccccc12)C1CCOCC1. The van der Waals surface area contributed by atoms with Gasteiger partial charge in [-0.1, -0.05) is 25.1 Å². The van der Waals surface area contributed by atoms with E-state index in [2.05, 4.69) is 47.6 Å². The summed E-state index contributed by atoms with van der Waals surface area (Å²) in [5, 5.41) is 4.98. The van der Waals surface area contributed by atoms with Crippen LogP contribution in [-0.2, 0) is 11.2 Å². The Morgan fingerprint density at radius 1 is 1.24 bits per heavy atom. The van der Waals surface area contributed by atoms with Gasteiger partial charge in [-0.05, 0) is 49.4 Å². The minimum absolute atomic E-state index is 0.532. The summed E-state index contributed by atoms with van der Waals surface area (Å²) in [5.41, 5.74) is 2.50. The van der Waals surface area contributed by atoms with Gasteiger partial charge in [-0.2, -0.15) is 0 Å². The van der Waals surface area contributed by atoms with E-state index in [1.165, 1.54) is 23.8 Å². The van der Waals surface area contributed by atoms with Crippen molar-refractivity contribution >= 4 is 10.9 Å². The molecular weight excluding hydrogens is 260 g/mol. The molecule has 21 heavy (non-hydrogen) atoms. The van der Waals surface area contributed by atoms with E-state index in [1.807, 2.05) is 6.20 Å². The lowest BCUT2D eigenvalue weighted by atomic mass is 9.87. The van der Waals surface area contributed by atoms with Gasteiger partial charge in [-0.15, -0.1) is 0 Å². The third-order valence-electron chi connectivity index (χ3n) is 4.48. The van der Waals surface area contributed by atoms with Gasteiger partial charge in [0, 0.05) is 30.8 Å². The predicted octanol–water partition coefficient (Wildman–Crippen LogP) is 3.18. The Kier molecular flexibility index (Phi) is 4.84. The highest BCUT2D eigenvalue weighted by Crippen LogP contribution is 2.24. The minimum Gasteiger partial charge on any atom is -0.381 e. The van der Waals surface area contributed by atoms with Crippen LogP contribution in [0.25, 0.3) is 10.9 Å². The number of hydrogen-bond acceptors (Lipinski definition) is 3. The molecule has 1 N–H and O–H groups in total. The molecule has 1 atom stereocenters. The van der Waals surface area contributed by atoms with Crippen LogP contribution in [0.2, 0.25) is 0 Å². The lowest BCUT2D eigenvalue weighted by molar-refractivity contribution is 0.0540. The van der Waals surface area contributed by atoms with Crippen molar-refractivity contribution in [3.8, 4) is 0 Å². The maximum absolute atomic E-state index is 5.51. The quantitative estimate of drug-likeness (QED) is 0.915. The largest absolute Gasteiger partial charge is 0.381 e. The topological polar surface area (TPSA) is 34.2 Å². The van der Waals surface area contributed by atoms with Crippen LogP contribution in [0.4, 0.5) is 0 Å². The standard InChI is InChI=1S/C18H24N2O/c1-2-19-18(14-8-11-21-12-9-14)13-15-7-10-20-17-6-4-3-5-16(15)17/h3-7,10,14,18-19H,2,8-9,11-13H2,1H3. The van der Waals surface area contributed by atoms with Crippen molar-refractivity contribution in [2.24, 2.45) is 5.92 Å². The van der Waals surface area contributed by atoms with E-state index in [1.54, 1.807) is 0 Å². The smallest absolute Gasteiger partial charge is 0.0704 e. The van der Waals surface area contributed by atoms with Crippen molar-refractivity contribution in [1.82, 2.24) is 10.3 Å². The molecule has 0 aliphatic carbocycles. The van der Waals surface area contributed by atoms with E-state index in [9.17, 15) is 0 Å². The molecule has 3 rings (SSSR count). The highest BCUT2D eigenvalue weighted by atomic mass is 16.5. The Balaban J connectivity index is 1.83. The van der Waals surface area contributed by atoms with Gasteiger partial charge in [0.2, 0.25) is 0 Å². The number of rotatable bonds is 5. The maximum Gasteiger partial charge on any atom is 0.0704 e. The highest BCUT2D eigenvalue weighted by Gasteiger charge is 2.24. The van der Waals surface area contributed by atoms with E-state index in [4.69, 9.17) is 4.74 Å².